The lowest BCUT2D eigenvalue weighted by Gasteiger charge is -2.22. The monoisotopic (exact) mass is 415 g/mol. The fourth-order valence-electron chi connectivity index (χ4n) is 3.86. The number of nitrogens with zero attached hydrogens (tertiary/aromatic N) is 1. The molecule has 0 N–H and O–H groups in total. The zero-order valence-corrected chi connectivity index (χ0v) is 18.1. The van der Waals surface area contributed by atoms with Crippen LogP contribution in [0.15, 0.2) is 91.0 Å². The number of benzene rings is 4. The molecule has 0 aromatic heterocycles. The standard InChI is InChI=1S/C27H26ClNO/c1-29(2)18-19-30-26-17-16-25(23-10-6-7-11-24(23)26)27(20-8-4-3-5-9-20)21-12-14-22(28)15-13-21/h3-17,27H,18-19H2,1-2H3. The van der Waals surface area contributed by atoms with Gasteiger partial charge in [0.25, 0.3) is 0 Å². The zero-order chi connectivity index (χ0) is 20.9. The van der Waals surface area contributed by atoms with Gasteiger partial charge in [0, 0.05) is 22.9 Å². The van der Waals surface area contributed by atoms with Gasteiger partial charge in [-0.15, -0.1) is 0 Å². The van der Waals surface area contributed by atoms with E-state index in [1.807, 2.05) is 12.1 Å². The number of hydrogen-bond donors (Lipinski definition) is 0. The molecule has 3 heteroatoms. The predicted molar refractivity (Wildman–Crippen MR) is 127 cm³/mol. The van der Waals surface area contributed by atoms with Crippen LogP contribution in [0.25, 0.3) is 10.8 Å². The maximum absolute atomic E-state index is 6.17. The lowest BCUT2D eigenvalue weighted by atomic mass is 9.83. The summed E-state index contributed by atoms with van der Waals surface area (Å²) in [7, 11) is 4.11. The summed E-state index contributed by atoms with van der Waals surface area (Å²) in [6, 6.07) is 31.6. The van der Waals surface area contributed by atoms with Crippen LogP contribution in [0.3, 0.4) is 0 Å². The van der Waals surface area contributed by atoms with Crippen LogP contribution in [0.5, 0.6) is 5.75 Å². The minimum absolute atomic E-state index is 0.115. The Bertz CT molecular complexity index is 1110. The zero-order valence-electron chi connectivity index (χ0n) is 17.4. The largest absolute Gasteiger partial charge is 0.492 e. The third-order valence-electron chi connectivity index (χ3n) is 5.36. The second kappa shape index (κ2) is 9.34. The molecule has 0 spiro atoms. The van der Waals surface area contributed by atoms with Crippen LogP contribution in [-0.2, 0) is 0 Å². The molecule has 0 radical (unpaired) electrons. The van der Waals surface area contributed by atoms with E-state index in [0.717, 1.165) is 22.7 Å². The molecule has 0 saturated heterocycles. The summed E-state index contributed by atoms with van der Waals surface area (Å²) in [5.74, 6) is 1.04. The number of halogens is 1. The summed E-state index contributed by atoms with van der Waals surface area (Å²) in [6.07, 6.45) is 0. The van der Waals surface area contributed by atoms with Crippen LogP contribution in [0.2, 0.25) is 5.02 Å². The van der Waals surface area contributed by atoms with Crippen molar-refractivity contribution in [3.63, 3.8) is 0 Å². The van der Waals surface area contributed by atoms with Gasteiger partial charge in [0.05, 0.1) is 0 Å². The molecule has 2 nitrogen and oxygen atoms in total. The summed E-state index contributed by atoms with van der Waals surface area (Å²) < 4.78 is 6.13. The van der Waals surface area contributed by atoms with Crippen molar-refractivity contribution in [3.05, 3.63) is 113 Å². The molecule has 0 aliphatic rings. The van der Waals surface area contributed by atoms with Gasteiger partial charge in [-0.1, -0.05) is 84.4 Å². The number of likely N-dealkylation sites (N-methyl/N-ethyl adjacent to an activating group) is 1. The van der Waals surface area contributed by atoms with Crippen LogP contribution >= 0.6 is 11.6 Å². The smallest absolute Gasteiger partial charge is 0.127 e. The topological polar surface area (TPSA) is 12.5 Å². The van der Waals surface area contributed by atoms with E-state index in [-0.39, 0.29) is 5.92 Å². The number of fused-ring (bicyclic) bond motifs is 1. The predicted octanol–water partition coefficient (Wildman–Crippen LogP) is 6.61. The maximum Gasteiger partial charge on any atom is 0.127 e. The van der Waals surface area contributed by atoms with Crippen molar-refractivity contribution in [2.45, 2.75) is 5.92 Å². The fourth-order valence-corrected chi connectivity index (χ4v) is 3.99. The van der Waals surface area contributed by atoms with E-state index >= 15 is 0 Å². The third kappa shape index (κ3) is 4.51. The molecule has 30 heavy (non-hydrogen) atoms. The molecule has 4 aromatic carbocycles. The Balaban J connectivity index is 1.83. The number of ether oxygens (including phenoxy) is 1. The average molecular weight is 416 g/mol. The van der Waals surface area contributed by atoms with Crippen LogP contribution < -0.4 is 4.74 Å². The highest BCUT2D eigenvalue weighted by molar-refractivity contribution is 6.30. The molecular weight excluding hydrogens is 390 g/mol. The van der Waals surface area contributed by atoms with Crippen molar-refractivity contribution in [1.82, 2.24) is 4.90 Å². The van der Waals surface area contributed by atoms with Gasteiger partial charge in [0.15, 0.2) is 0 Å². The molecule has 152 valence electrons. The van der Waals surface area contributed by atoms with Gasteiger partial charge in [-0.05, 0) is 54.4 Å². The van der Waals surface area contributed by atoms with E-state index in [1.54, 1.807) is 0 Å². The molecule has 0 aliphatic carbocycles. The average Bonchev–Trinajstić information content (AvgIpc) is 2.77. The first-order valence-electron chi connectivity index (χ1n) is 10.2. The highest BCUT2D eigenvalue weighted by Crippen LogP contribution is 2.39. The van der Waals surface area contributed by atoms with Gasteiger partial charge in [0.1, 0.15) is 12.4 Å². The SMILES string of the molecule is CN(C)CCOc1ccc(C(c2ccccc2)c2ccc(Cl)cc2)c2ccccc12. The summed E-state index contributed by atoms with van der Waals surface area (Å²) in [5.41, 5.74) is 3.74. The first-order chi connectivity index (χ1) is 14.6. The molecule has 1 atom stereocenters. The van der Waals surface area contributed by atoms with Crippen molar-refractivity contribution in [3.8, 4) is 5.75 Å². The maximum atomic E-state index is 6.17. The molecule has 0 aliphatic heterocycles. The number of hydrogen-bond acceptors (Lipinski definition) is 2. The molecule has 0 saturated carbocycles. The Morgan fingerprint density at radius 1 is 0.733 bits per heavy atom. The van der Waals surface area contributed by atoms with Crippen LogP contribution in [0.4, 0.5) is 0 Å². The number of rotatable bonds is 7. The highest BCUT2D eigenvalue weighted by Gasteiger charge is 2.20. The Hall–Kier alpha value is -2.81. The van der Waals surface area contributed by atoms with Gasteiger partial charge in [-0.3, -0.25) is 0 Å². The Labute approximate surface area is 183 Å². The molecule has 4 aromatic rings. The van der Waals surface area contributed by atoms with E-state index in [1.165, 1.54) is 22.1 Å². The van der Waals surface area contributed by atoms with Gasteiger partial charge in [0.2, 0.25) is 0 Å². The van der Waals surface area contributed by atoms with Crippen molar-refractivity contribution < 1.29 is 4.74 Å². The second-order valence-corrected chi connectivity index (χ2v) is 8.18. The third-order valence-corrected chi connectivity index (χ3v) is 5.61. The van der Waals surface area contributed by atoms with Crippen LogP contribution in [-0.4, -0.2) is 32.1 Å². The first-order valence-corrected chi connectivity index (χ1v) is 10.6. The van der Waals surface area contributed by atoms with Crippen LogP contribution in [0.1, 0.15) is 22.6 Å². The Morgan fingerprint density at radius 3 is 2.07 bits per heavy atom. The molecule has 0 bridgehead atoms. The van der Waals surface area contributed by atoms with E-state index in [2.05, 4.69) is 97.9 Å². The summed E-state index contributed by atoms with van der Waals surface area (Å²) in [6.45, 7) is 1.54. The lowest BCUT2D eigenvalue weighted by Crippen LogP contribution is -2.19. The van der Waals surface area contributed by atoms with E-state index < -0.39 is 0 Å². The molecule has 0 fully saturated rings. The van der Waals surface area contributed by atoms with Gasteiger partial charge >= 0.3 is 0 Å². The van der Waals surface area contributed by atoms with Gasteiger partial charge < -0.3 is 9.64 Å². The Kier molecular flexibility index (Phi) is 6.37. The minimum Gasteiger partial charge on any atom is -0.492 e. The molecular formula is C27H26ClNO. The normalized spacial score (nSPS) is 12.3. The molecule has 0 heterocycles. The highest BCUT2D eigenvalue weighted by atomic mass is 35.5. The first kappa shape index (κ1) is 20.5. The lowest BCUT2D eigenvalue weighted by molar-refractivity contribution is 0.263. The molecule has 4 rings (SSSR count). The fraction of sp³-hybridized carbons (Fsp3) is 0.185. The molecule has 1 unspecified atom stereocenters. The van der Waals surface area contributed by atoms with Gasteiger partial charge in [-0.25, -0.2) is 0 Å². The van der Waals surface area contributed by atoms with Crippen molar-refractivity contribution >= 4 is 22.4 Å². The van der Waals surface area contributed by atoms with Crippen molar-refractivity contribution in [2.24, 2.45) is 0 Å². The van der Waals surface area contributed by atoms with Crippen molar-refractivity contribution in [2.75, 3.05) is 27.2 Å². The van der Waals surface area contributed by atoms with E-state index in [9.17, 15) is 0 Å². The second-order valence-electron chi connectivity index (χ2n) is 7.75. The summed E-state index contributed by atoms with van der Waals surface area (Å²) >= 11 is 6.17. The minimum atomic E-state index is 0.115. The molecule has 0 amide bonds. The van der Waals surface area contributed by atoms with Crippen LogP contribution in [0, 0.1) is 0 Å². The summed E-state index contributed by atoms with van der Waals surface area (Å²) in [5, 5.41) is 3.10. The van der Waals surface area contributed by atoms with Gasteiger partial charge in [-0.2, -0.15) is 0 Å². The summed E-state index contributed by atoms with van der Waals surface area (Å²) in [4.78, 5) is 2.13. The van der Waals surface area contributed by atoms with Crippen molar-refractivity contribution in [1.29, 1.82) is 0 Å². The van der Waals surface area contributed by atoms with E-state index in [4.69, 9.17) is 16.3 Å². The van der Waals surface area contributed by atoms with E-state index in [0.29, 0.717) is 6.61 Å². The quantitative estimate of drug-likeness (QED) is 0.315. The Morgan fingerprint density at radius 2 is 1.37 bits per heavy atom.